The van der Waals surface area contributed by atoms with E-state index in [0.717, 1.165) is 41.5 Å². The molecule has 10 nitrogen and oxygen atoms in total. The van der Waals surface area contributed by atoms with Gasteiger partial charge in [0, 0.05) is 29.1 Å². The van der Waals surface area contributed by atoms with Crippen LogP contribution in [0, 0.1) is 0 Å². The lowest BCUT2D eigenvalue weighted by Crippen LogP contribution is -2.44. The number of nitrogens with zero attached hydrogens (tertiary/aromatic N) is 3. The predicted molar refractivity (Wildman–Crippen MR) is 147 cm³/mol. The summed E-state index contributed by atoms with van der Waals surface area (Å²) in [6, 6.07) is 5.62. The van der Waals surface area contributed by atoms with Crippen molar-refractivity contribution in [1.29, 1.82) is 0 Å². The number of esters is 1. The molecule has 3 aromatic rings. The Labute approximate surface area is 231 Å². The number of benzene rings is 1. The van der Waals surface area contributed by atoms with Crippen LogP contribution in [0.25, 0.3) is 22.3 Å². The van der Waals surface area contributed by atoms with E-state index in [2.05, 4.69) is 10.2 Å². The molecular weight excluding hydrogens is 512 g/mol. The van der Waals surface area contributed by atoms with Gasteiger partial charge in [0.15, 0.2) is 17.1 Å². The van der Waals surface area contributed by atoms with Crippen LogP contribution in [0.5, 0.6) is 11.5 Å². The van der Waals surface area contributed by atoms with Crippen molar-refractivity contribution in [3.05, 3.63) is 50.8 Å². The molecule has 2 aromatic heterocycles. The standard InChI is InChI=1S/C30H34N4O6/c1-2-30(37)22-12-24-27-20(15-34(24)28(35)21(22)16-38-29(30)36)19(14-31-7-6-10-33-8-4-3-5-9-33)18-11-25-26(40-17-39-25)13-23(18)32-27/h11-13,31,37H,2-10,14-17H2,1H3/t30-/m0/s1. The second-order valence-electron chi connectivity index (χ2n) is 11.2. The van der Waals surface area contributed by atoms with Gasteiger partial charge in [0.05, 0.1) is 29.0 Å². The first-order valence-electron chi connectivity index (χ1n) is 14.3. The number of fused-ring (bicyclic) bond motifs is 6. The maximum absolute atomic E-state index is 13.7. The van der Waals surface area contributed by atoms with Gasteiger partial charge < -0.3 is 34.1 Å². The molecule has 1 atom stereocenters. The number of aromatic nitrogens is 2. The zero-order valence-electron chi connectivity index (χ0n) is 22.8. The van der Waals surface area contributed by atoms with E-state index >= 15 is 0 Å². The molecule has 1 aromatic carbocycles. The van der Waals surface area contributed by atoms with Gasteiger partial charge in [0.2, 0.25) is 6.79 Å². The van der Waals surface area contributed by atoms with Gasteiger partial charge in [-0.1, -0.05) is 13.3 Å². The zero-order valence-corrected chi connectivity index (χ0v) is 22.8. The van der Waals surface area contributed by atoms with Crippen LogP contribution in [0.15, 0.2) is 23.0 Å². The molecule has 0 saturated carbocycles. The summed E-state index contributed by atoms with van der Waals surface area (Å²) in [5.41, 5.74) is 2.59. The molecule has 210 valence electrons. The van der Waals surface area contributed by atoms with E-state index in [-0.39, 0.29) is 25.4 Å². The summed E-state index contributed by atoms with van der Waals surface area (Å²) in [5, 5.41) is 15.8. The summed E-state index contributed by atoms with van der Waals surface area (Å²) in [5.74, 6) is 0.607. The van der Waals surface area contributed by atoms with Gasteiger partial charge in [0.25, 0.3) is 5.56 Å². The average Bonchev–Trinajstić information content (AvgIpc) is 3.58. The number of nitrogens with one attached hydrogen (secondary N) is 1. The van der Waals surface area contributed by atoms with Gasteiger partial charge >= 0.3 is 5.97 Å². The average molecular weight is 547 g/mol. The maximum atomic E-state index is 13.7. The second-order valence-corrected chi connectivity index (χ2v) is 11.2. The van der Waals surface area contributed by atoms with Crippen LogP contribution in [0.1, 0.15) is 61.3 Å². The number of hydrogen-bond donors (Lipinski definition) is 2. The molecule has 0 bridgehead atoms. The highest BCUT2D eigenvalue weighted by Crippen LogP contribution is 2.43. The number of ether oxygens (including phenoxy) is 3. The summed E-state index contributed by atoms with van der Waals surface area (Å²) in [4.78, 5) is 33.8. The van der Waals surface area contributed by atoms with Crippen LogP contribution in [0.2, 0.25) is 0 Å². The largest absolute Gasteiger partial charge is 0.458 e. The summed E-state index contributed by atoms with van der Waals surface area (Å²) >= 11 is 0. The molecule has 10 heteroatoms. The Morgan fingerprint density at radius 3 is 2.65 bits per heavy atom. The molecule has 7 rings (SSSR count). The van der Waals surface area contributed by atoms with Crippen molar-refractivity contribution in [2.75, 3.05) is 33.0 Å². The van der Waals surface area contributed by atoms with E-state index in [4.69, 9.17) is 19.2 Å². The van der Waals surface area contributed by atoms with Crippen LogP contribution in [-0.2, 0) is 34.8 Å². The molecule has 0 aliphatic carbocycles. The van der Waals surface area contributed by atoms with Gasteiger partial charge in [-0.2, -0.15) is 0 Å². The lowest BCUT2D eigenvalue weighted by molar-refractivity contribution is -0.172. The molecule has 0 unspecified atom stereocenters. The third-order valence-electron chi connectivity index (χ3n) is 8.88. The number of hydrogen-bond acceptors (Lipinski definition) is 9. The highest BCUT2D eigenvalue weighted by Gasteiger charge is 2.45. The van der Waals surface area contributed by atoms with Crippen LogP contribution in [0.3, 0.4) is 0 Å². The van der Waals surface area contributed by atoms with Gasteiger partial charge in [-0.05, 0) is 69.6 Å². The first-order chi connectivity index (χ1) is 19.5. The van der Waals surface area contributed by atoms with E-state index in [1.807, 2.05) is 12.1 Å². The third kappa shape index (κ3) is 4.00. The van der Waals surface area contributed by atoms with E-state index in [9.17, 15) is 14.7 Å². The van der Waals surface area contributed by atoms with Crippen LogP contribution < -0.4 is 20.3 Å². The van der Waals surface area contributed by atoms with Crippen molar-refractivity contribution in [1.82, 2.24) is 19.8 Å². The number of carbonyl (C=O) groups excluding carboxylic acids is 1. The highest BCUT2D eigenvalue weighted by molar-refractivity contribution is 5.91. The van der Waals surface area contributed by atoms with Gasteiger partial charge in [-0.15, -0.1) is 0 Å². The molecule has 0 radical (unpaired) electrons. The minimum Gasteiger partial charge on any atom is -0.458 e. The number of cyclic esters (lactones) is 1. The predicted octanol–water partition coefficient (Wildman–Crippen LogP) is 2.77. The summed E-state index contributed by atoms with van der Waals surface area (Å²) in [7, 11) is 0. The Morgan fingerprint density at radius 1 is 1.05 bits per heavy atom. The number of pyridine rings is 2. The fraction of sp³-hybridized carbons (Fsp3) is 0.500. The topological polar surface area (TPSA) is 115 Å². The van der Waals surface area contributed by atoms with Crippen LogP contribution >= 0.6 is 0 Å². The Bertz CT molecular complexity index is 1580. The number of aliphatic hydroxyl groups is 1. The molecule has 1 saturated heterocycles. The van der Waals surface area contributed by atoms with E-state index in [1.54, 1.807) is 17.6 Å². The van der Waals surface area contributed by atoms with E-state index in [0.29, 0.717) is 47.1 Å². The normalized spacial score (nSPS) is 21.3. The summed E-state index contributed by atoms with van der Waals surface area (Å²) < 4.78 is 18.2. The minimum atomic E-state index is -1.85. The molecule has 40 heavy (non-hydrogen) atoms. The monoisotopic (exact) mass is 546 g/mol. The molecule has 4 aliphatic rings. The maximum Gasteiger partial charge on any atom is 0.343 e. The summed E-state index contributed by atoms with van der Waals surface area (Å²) in [6.45, 7) is 7.06. The molecule has 0 spiro atoms. The lowest BCUT2D eigenvalue weighted by Gasteiger charge is -2.31. The van der Waals surface area contributed by atoms with Crippen molar-refractivity contribution in [2.24, 2.45) is 0 Å². The number of piperidine rings is 1. The Morgan fingerprint density at radius 2 is 1.85 bits per heavy atom. The first-order valence-corrected chi connectivity index (χ1v) is 14.3. The van der Waals surface area contributed by atoms with E-state index in [1.165, 1.54) is 32.4 Å². The fourth-order valence-electron chi connectivity index (χ4n) is 6.58. The molecule has 0 amide bonds. The number of likely N-dealkylation sites (tertiary alicyclic amines) is 1. The Hall–Kier alpha value is -3.47. The smallest absolute Gasteiger partial charge is 0.343 e. The molecule has 1 fully saturated rings. The van der Waals surface area contributed by atoms with Crippen molar-refractivity contribution in [3.8, 4) is 22.9 Å². The van der Waals surface area contributed by atoms with Crippen molar-refractivity contribution in [2.45, 2.75) is 64.3 Å². The van der Waals surface area contributed by atoms with E-state index < -0.39 is 11.6 Å². The Balaban J connectivity index is 1.27. The fourth-order valence-corrected chi connectivity index (χ4v) is 6.58. The van der Waals surface area contributed by atoms with Crippen molar-refractivity contribution >= 4 is 16.9 Å². The zero-order chi connectivity index (χ0) is 27.4. The van der Waals surface area contributed by atoms with Gasteiger partial charge in [-0.3, -0.25) is 4.79 Å². The molecule has 4 aliphatic heterocycles. The number of carbonyl (C=O) groups is 1. The quantitative estimate of drug-likeness (QED) is 0.267. The lowest BCUT2D eigenvalue weighted by atomic mass is 9.86. The van der Waals surface area contributed by atoms with Gasteiger partial charge in [-0.25, -0.2) is 9.78 Å². The van der Waals surface area contributed by atoms with Crippen LogP contribution in [0.4, 0.5) is 0 Å². The molecule has 6 heterocycles. The van der Waals surface area contributed by atoms with Gasteiger partial charge in [0.1, 0.15) is 6.61 Å². The third-order valence-corrected chi connectivity index (χ3v) is 8.88. The second kappa shape index (κ2) is 9.87. The Kier molecular flexibility index (Phi) is 6.29. The SMILES string of the molecule is CC[C@@]1(O)C(=O)OCc2c1cc1n(c2=O)Cc2c-1nc1cc3c(cc1c2CNCCCN1CCCCC1)OCO3. The van der Waals surface area contributed by atoms with Crippen molar-refractivity contribution < 1.29 is 24.1 Å². The number of rotatable bonds is 7. The molecule has 2 N–H and O–H groups in total. The first kappa shape index (κ1) is 25.5. The summed E-state index contributed by atoms with van der Waals surface area (Å²) in [6.07, 6.45) is 5.09. The van der Waals surface area contributed by atoms with Crippen molar-refractivity contribution in [3.63, 3.8) is 0 Å². The molecular formula is C30H34N4O6. The highest BCUT2D eigenvalue weighted by atomic mass is 16.7. The minimum absolute atomic E-state index is 0.107. The van der Waals surface area contributed by atoms with Crippen LogP contribution in [-0.4, -0.2) is 58.5 Å².